The lowest BCUT2D eigenvalue weighted by Gasteiger charge is -2.11. The molecule has 0 aliphatic heterocycles. The van der Waals surface area contributed by atoms with Gasteiger partial charge >= 0.3 is 0 Å². The summed E-state index contributed by atoms with van der Waals surface area (Å²) in [6, 6.07) is 10.7. The van der Waals surface area contributed by atoms with E-state index in [2.05, 4.69) is 44.6 Å². The summed E-state index contributed by atoms with van der Waals surface area (Å²) in [7, 11) is 0. The summed E-state index contributed by atoms with van der Waals surface area (Å²) >= 11 is 0. The summed E-state index contributed by atoms with van der Waals surface area (Å²) in [5.74, 6) is 0.383. The van der Waals surface area contributed by atoms with E-state index in [0.29, 0.717) is 5.82 Å². The first kappa shape index (κ1) is 28.6. The second kappa shape index (κ2) is 15.4. The number of pyridine rings is 1. The molecule has 1 aromatic heterocycles. The number of aryl methyl sites for hydroxylation is 1. The third-order valence-corrected chi connectivity index (χ3v) is 5.14. The predicted octanol–water partition coefficient (Wildman–Crippen LogP) is 8.90. The van der Waals surface area contributed by atoms with Crippen molar-refractivity contribution < 1.29 is 4.39 Å². The summed E-state index contributed by atoms with van der Waals surface area (Å²) in [6.45, 7) is 19.9. The van der Waals surface area contributed by atoms with Crippen LogP contribution in [0.15, 0.2) is 97.7 Å². The fraction of sp³-hybridized carbons (Fsp3) is 0.258. The van der Waals surface area contributed by atoms with Gasteiger partial charge < -0.3 is 5.73 Å². The Labute approximate surface area is 205 Å². The Morgan fingerprint density at radius 3 is 2.41 bits per heavy atom. The Kier molecular flexibility index (Phi) is 12.9. The lowest BCUT2D eigenvalue weighted by Crippen LogP contribution is -2.00. The zero-order valence-electron chi connectivity index (χ0n) is 21.2. The Hall–Kier alpha value is -3.46. The highest BCUT2D eigenvalue weighted by atomic mass is 19.1. The number of benzene rings is 1. The molecular formula is C31H39FN2. The van der Waals surface area contributed by atoms with E-state index in [9.17, 15) is 4.39 Å². The van der Waals surface area contributed by atoms with Gasteiger partial charge in [-0.2, -0.15) is 0 Å². The van der Waals surface area contributed by atoms with Crippen LogP contribution in [0.5, 0.6) is 0 Å². The maximum Gasteiger partial charge on any atom is 0.131 e. The van der Waals surface area contributed by atoms with Crippen LogP contribution in [0.1, 0.15) is 63.8 Å². The molecule has 1 aromatic carbocycles. The molecule has 0 amide bonds. The Morgan fingerprint density at radius 1 is 1.12 bits per heavy atom. The number of rotatable bonds is 10. The van der Waals surface area contributed by atoms with Crippen LogP contribution in [-0.4, -0.2) is 4.98 Å². The molecule has 0 bridgehead atoms. The fourth-order valence-electron chi connectivity index (χ4n) is 3.23. The molecule has 2 rings (SSSR count). The van der Waals surface area contributed by atoms with E-state index >= 15 is 0 Å². The van der Waals surface area contributed by atoms with E-state index in [1.807, 2.05) is 50.3 Å². The number of nitrogens with zero attached hydrogens (tertiary/aromatic N) is 1. The van der Waals surface area contributed by atoms with Crippen molar-refractivity contribution in [1.29, 1.82) is 0 Å². The summed E-state index contributed by atoms with van der Waals surface area (Å²) < 4.78 is 12.5. The minimum Gasteiger partial charge on any atom is -0.383 e. The maximum atomic E-state index is 12.5. The van der Waals surface area contributed by atoms with Crippen molar-refractivity contribution >= 4 is 17.0 Å². The SMILES string of the molecule is C=C/C(=C\C)c1ccc(C(=C)CC/C(C)=C/C=C\C(=C)C)c(N)n1.CCCc1cccc(F)c1. The molecule has 0 saturated carbocycles. The van der Waals surface area contributed by atoms with Gasteiger partial charge in [0, 0.05) is 5.56 Å². The summed E-state index contributed by atoms with van der Waals surface area (Å²) in [6.07, 6.45) is 13.7. The summed E-state index contributed by atoms with van der Waals surface area (Å²) in [5.41, 5.74) is 13.3. The van der Waals surface area contributed by atoms with Crippen LogP contribution in [0.3, 0.4) is 0 Å². The van der Waals surface area contributed by atoms with Gasteiger partial charge in [-0.3, -0.25) is 0 Å². The van der Waals surface area contributed by atoms with Gasteiger partial charge in [-0.25, -0.2) is 9.37 Å². The second-order valence-electron chi connectivity index (χ2n) is 8.28. The number of hydrogen-bond donors (Lipinski definition) is 1. The molecule has 0 radical (unpaired) electrons. The van der Waals surface area contributed by atoms with Crippen LogP contribution in [0.4, 0.5) is 10.2 Å². The van der Waals surface area contributed by atoms with Crippen LogP contribution in [0, 0.1) is 5.82 Å². The number of anilines is 1. The molecule has 0 aliphatic carbocycles. The first-order valence-corrected chi connectivity index (χ1v) is 11.7. The molecule has 2 aromatic rings. The summed E-state index contributed by atoms with van der Waals surface area (Å²) in [5, 5.41) is 0. The highest BCUT2D eigenvalue weighted by molar-refractivity contribution is 5.76. The van der Waals surface area contributed by atoms with Crippen LogP contribution < -0.4 is 5.73 Å². The van der Waals surface area contributed by atoms with Crippen molar-refractivity contribution in [2.45, 2.75) is 53.4 Å². The number of halogens is 1. The molecule has 34 heavy (non-hydrogen) atoms. The van der Waals surface area contributed by atoms with E-state index < -0.39 is 0 Å². The lowest BCUT2D eigenvalue weighted by atomic mass is 9.99. The maximum absolute atomic E-state index is 12.5. The van der Waals surface area contributed by atoms with E-state index in [1.165, 1.54) is 11.6 Å². The molecular weight excluding hydrogens is 419 g/mol. The van der Waals surface area contributed by atoms with Gasteiger partial charge in [0.1, 0.15) is 11.6 Å². The van der Waals surface area contributed by atoms with Crippen LogP contribution in [0.2, 0.25) is 0 Å². The number of nitrogens with two attached hydrogens (primary N) is 1. The lowest BCUT2D eigenvalue weighted by molar-refractivity contribution is 0.625. The normalized spacial score (nSPS) is 11.7. The van der Waals surface area contributed by atoms with Gasteiger partial charge in [-0.05, 0) is 81.0 Å². The van der Waals surface area contributed by atoms with Gasteiger partial charge in [0.15, 0.2) is 0 Å². The highest BCUT2D eigenvalue weighted by Gasteiger charge is 2.08. The van der Waals surface area contributed by atoms with Gasteiger partial charge in [0.25, 0.3) is 0 Å². The average Bonchev–Trinajstić information content (AvgIpc) is 2.79. The summed E-state index contributed by atoms with van der Waals surface area (Å²) in [4.78, 5) is 4.47. The van der Waals surface area contributed by atoms with Crippen molar-refractivity contribution in [3.63, 3.8) is 0 Å². The first-order valence-electron chi connectivity index (χ1n) is 11.7. The van der Waals surface area contributed by atoms with E-state index in [4.69, 9.17) is 5.73 Å². The minimum absolute atomic E-state index is 0.133. The number of nitrogen functional groups attached to an aromatic ring is 1. The molecule has 0 unspecified atom stereocenters. The number of hydrogen-bond acceptors (Lipinski definition) is 2. The molecule has 0 spiro atoms. The van der Waals surface area contributed by atoms with E-state index in [0.717, 1.165) is 59.2 Å². The Bertz CT molecular complexity index is 1070. The van der Waals surface area contributed by atoms with Crippen molar-refractivity contribution in [3.05, 3.63) is 120 Å². The van der Waals surface area contributed by atoms with Gasteiger partial charge in [-0.15, -0.1) is 0 Å². The van der Waals surface area contributed by atoms with Gasteiger partial charge in [0.2, 0.25) is 0 Å². The number of allylic oxidation sites excluding steroid dienone is 9. The zero-order valence-corrected chi connectivity index (χ0v) is 21.2. The third kappa shape index (κ3) is 10.4. The molecule has 2 nitrogen and oxygen atoms in total. The zero-order chi connectivity index (χ0) is 25.5. The quantitative estimate of drug-likeness (QED) is 0.361. The molecule has 0 saturated heterocycles. The van der Waals surface area contributed by atoms with Crippen LogP contribution in [0.25, 0.3) is 11.1 Å². The molecule has 1 heterocycles. The smallest absolute Gasteiger partial charge is 0.131 e. The van der Waals surface area contributed by atoms with Gasteiger partial charge in [0.05, 0.1) is 5.69 Å². The third-order valence-electron chi connectivity index (χ3n) is 5.14. The first-order chi connectivity index (χ1) is 16.2. The topological polar surface area (TPSA) is 38.9 Å². The molecule has 0 atom stereocenters. The molecule has 180 valence electrons. The van der Waals surface area contributed by atoms with Gasteiger partial charge in [-0.1, -0.05) is 86.7 Å². The Balaban J connectivity index is 0.000000479. The van der Waals surface area contributed by atoms with Crippen LogP contribution >= 0.6 is 0 Å². The second-order valence-corrected chi connectivity index (χ2v) is 8.28. The van der Waals surface area contributed by atoms with Crippen LogP contribution in [-0.2, 0) is 6.42 Å². The van der Waals surface area contributed by atoms with Crippen molar-refractivity contribution in [2.24, 2.45) is 0 Å². The highest BCUT2D eigenvalue weighted by Crippen LogP contribution is 2.26. The minimum atomic E-state index is -0.133. The van der Waals surface area contributed by atoms with Crippen molar-refractivity contribution in [2.75, 3.05) is 5.73 Å². The molecule has 3 heteroatoms. The molecule has 0 aliphatic rings. The Morgan fingerprint density at radius 2 is 1.85 bits per heavy atom. The fourth-order valence-corrected chi connectivity index (χ4v) is 3.23. The number of aromatic nitrogens is 1. The monoisotopic (exact) mass is 458 g/mol. The predicted molar refractivity (Wildman–Crippen MR) is 149 cm³/mol. The average molecular weight is 459 g/mol. The standard InChI is InChI=1S/C22H28N2.C9H11F/c1-7-19(8-2)21-15-14-20(22(23)24-21)18(6)13-12-17(5)11-9-10-16(3)4;1-2-4-8-5-3-6-9(10)7-8/h7-11,14-15H,1,3,6,12-13H2,2,4-5H3,(H2,23,24);3,5-7H,2,4H2,1H3/b10-9-,17-11+,19-8+;. The van der Waals surface area contributed by atoms with Crippen molar-refractivity contribution in [1.82, 2.24) is 4.98 Å². The van der Waals surface area contributed by atoms with E-state index in [-0.39, 0.29) is 5.82 Å². The largest absolute Gasteiger partial charge is 0.383 e. The van der Waals surface area contributed by atoms with Crippen molar-refractivity contribution in [3.8, 4) is 0 Å². The molecule has 0 fully saturated rings. The van der Waals surface area contributed by atoms with E-state index in [1.54, 1.807) is 18.2 Å². The molecule has 2 N–H and O–H groups in total.